The lowest BCUT2D eigenvalue weighted by atomic mass is 9.95. The molecule has 1 aromatic carbocycles. The van der Waals surface area contributed by atoms with Gasteiger partial charge in [-0.15, -0.1) is 0 Å². The summed E-state index contributed by atoms with van der Waals surface area (Å²) in [6.07, 6.45) is 6.46. The van der Waals surface area contributed by atoms with Crippen LogP contribution in [0.2, 0.25) is 0 Å². The largest absolute Gasteiger partial charge is 0.497 e. The Bertz CT molecular complexity index is 1100. The second kappa shape index (κ2) is 9.97. The van der Waals surface area contributed by atoms with Gasteiger partial charge in [0.05, 0.1) is 20.8 Å². The molecule has 188 valence electrons. The number of fused-ring (bicyclic) bond motifs is 1. The Labute approximate surface area is 204 Å². The predicted molar refractivity (Wildman–Crippen MR) is 130 cm³/mol. The molecule has 0 spiro atoms. The first-order valence-corrected chi connectivity index (χ1v) is 12.0. The molecule has 4 rings (SSSR count). The van der Waals surface area contributed by atoms with Gasteiger partial charge in [-0.05, 0) is 19.8 Å². The van der Waals surface area contributed by atoms with Crippen LogP contribution in [0.15, 0.2) is 24.3 Å². The van der Waals surface area contributed by atoms with E-state index in [2.05, 4.69) is 15.7 Å². The number of methoxy groups -OCH3 is 2. The van der Waals surface area contributed by atoms with Crippen LogP contribution in [0.5, 0.6) is 11.5 Å². The third-order valence-electron chi connectivity index (χ3n) is 7.02. The van der Waals surface area contributed by atoms with Crippen molar-refractivity contribution in [2.45, 2.75) is 63.6 Å². The Balaban J connectivity index is 1.53. The molecule has 1 aromatic heterocycles. The number of carbonyl (C=O) groups excluding carboxylic acids is 3. The fourth-order valence-corrected chi connectivity index (χ4v) is 4.68. The Kier molecular flexibility index (Phi) is 7.00. The second-order valence-electron chi connectivity index (χ2n) is 9.43. The van der Waals surface area contributed by atoms with E-state index in [0.29, 0.717) is 17.2 Å². The van der Waals surface area contributed by atoms with Crippen molar-refractivity contribution in [3.05, 3.63) is 35.7 Å². The summed E-state index contributed by atoms with van der Waals surface area (Å²) in [5.74, 6) is 0.00887. The van der Waals surface area contributed by atoms with E-state index in [-0.39, 0.29) is 35.8 Å². The molecule has 10 heteroatoms. The van der Waals surface area contributed by atoms with Crippen LogP contribution in [0.3, 0.4) is 0 Å². The number of hydrogen-bond donors (Lipinski definition) is 2. The third-order valence-corrected chi connectivity index (χ3v) is 7.02. The number of benzene rings is 1. The zero-order chi connectivity index (χ0) is 25.2. The summed E-state index contributed by atoms with van der Waals surface area (Å²) in [7, 11) is 4.66. The Morgan fingerprint density at radius 2 is 1.66 bits per heavy atom. The zero-order valence-corrected chi connectivity index (χ0v) is 20.7. The molecular formula is C25H33N5O5. The number of rotatable bonds is 6. The number of ether oxygens (including phenoxy) is 2. The van der Waals surface area contributed by atoms with Gasteiger partial charge in [0.1, 0.15) is 22.7 Å². The minimum absolute atomic E-state index is 0.0805. The summed E-state index contributed by atoms with van der Waals surface area (Å²) >= 11 is 0. The number of nitrogens with one attached hydrogen (secondary N) is 2. The predicted octanol–water partition coefficient (Wildman–Crippen LogP) is 2.84. The standard InChI is InChI=1S/C25H33N5O5/c1-25(24(33)27-16-9-7-5-6-8-10-16)15-30-21(23(32)29(25)2)14-20(28-30)22(31)26-17-11-18(34-3)13-19(12-17)35-4/h11-14,16H,5-10,15H2,1-4H3,(H,26,31)(H,27,33). The van der Waals surface area contributed by atoms with Crippen LogP contribution >= 0.6 is 0 Å². The van der Waals surface area contributed by atoms with Gasteiger partial charge in [-0.1, -0.05) is 25.7 Å². The molecule has 1 aliphatic heterocycles. The molecule has 1 fully saturated rings. The minimum atomic E-state index is -1.11. The fraction of sp³-hybridized carbons (Fsp3) is 0.520. The average Bonchev–Trinajstić information content (AvgIpc) is 3.10. The van der Waals surface area contributed by atoms with Crippen molar-refractivity contribution < 1.29 is 23.9 Å². The molecule has 2 aliphatic rings. The van der Waals surface area contributed by atoms with Crippen LogP contribution in [0.1, 0.15) is 66.4 Å². The van der Waals surface area contributed by atoms with E-state index in [1.54, 1.807) is 32.2 Å². The van der Waals surface area contributed by atoms with Crippen molar-refractivity contribution in [3.8, 4) is 11.5 Å². The van der Waals surface area contributed by atoms with Crippen LogP contribution in [0.4, 0.5) is 5.69 Å². The maximum absolute atomic E-state index is 13.3. The number of aromatic nitrogens is 2. The molecule has 3 amide bonds. The first-order chi connectivity index (χ1) is 16.7. The summed E-state index contributed by atoms with van der Waals surface area (Å²) < 4.78 is 11.9. The van der Waals surface area contributed by atoms with Crippen molar-refractivity contribution in [1.82, 2.24) is 20.0 Å². The molecule has 1 aliphatic carbocycles. The van der Waals surface area contributed by atoms with Crippen molar-refractivity contribution in [3.63, 3.8) is 0 Å². The van der Waals surface area contributed by atoms with E-state index in [1.165, 1.54) is 42.7 Å². The Hall–Kier alpha value is -3.56. The lowest BCUT2D eigenvalue weighted by molar-refractivity contribution is -0.133. The molecule has 10 nitrogen and oxygen atoms in total. The van der Waals surface area contributed by atoms with Crippen LogP contribution < -0.4 is 20.1 Å². The summed E-state index contributed by atoms with van der Waals surface area (Å²) in [5, 5.41) is 10.3. The van der Waals surface area contributed by atoms with Crippen LogP contribution in [0.25, 0.3) is 0 Å². The number of nitrogens with zero attached hydrogens (tertiary/aromatic N) is 3. The van der Waals surface area contributed by atoms with E-state index < -0.39 is 11.4 Å². The van der Waals surface area contributed by atoms with Gasteiger partial charge in [0.15, 0.2) is 5.69 Å². The zero-order valence-electron chi connectivity index (χ0n) is 20.7. The van der Waals surface area contributed by atoms with Gasteiger partial charge >= 0.3 is 0 Å². The number of anilines is 1. The molecule has 1 atom stereocenters. The summed E-state index contributed by atoms with van der Waals surface area (Å²) in [6.45, 7) is 1.90. The third kappa shape index (κ3) is 4.96. The molecule has 1 saturated carbocycles. The van der Waals surface area contributed by atoms with Crippen LogP contribution in [-0.4, -0.2) is 65.2 Å². The topological polar surface area (TPSA) is 115 Å². The molecule has 0 bridgehead atoms. The summed E-state index contributed by atoms with van der Waals surface area (Å²) in [4.78, 5) is 40.9. The minimum Gasteiger partial charge on any atom is -0.497 e. The summed E-state index contributed by atoms with van der Waals surface area (Å²) in [6, 6.07) is 6.58. The molecule has 0 saturated heterocycles. The van der Waals surface area contributed by atoms with Gasteiger partial charge < -0.3 is 25.0 Å². The smallest absolute Gasteiger partial charge is 0.276 e. The molecule has 2 heterocycles. The lowest BCUT2D eigenvalue weighted by Crippen LogP contribution is -2.63. The van der Waals surface area contributed by atoms with E-state index in [9.17, 15) is 14.4 Å². The number of likely N-dealkylation sites (N-methyl/N-ethyl adjacent to an activating group) is 1. The average molecular weight is 484 g/mol. The number of hydrogen-bond acceptors (Lipinski definition) is 6. The van der Waals surface area contributed by atoms with E-state index in [4.69, 9.17) is 9.47 Å². The Morgan fingerprint density at radius 3 is 2.26 bits per heavy atom. The SMILES string of the molecule is COc1cc(NC(=O)c2cc3n(n2)CC(C)(C(=O)NC2CCCCCC2)N(C)C3=O)cc(OC)c1. The van der Waals surface area contributed by atoms with Gasteiger partial charge in [-0.3, -0.25) is 19.1 Å². The number of amides is 3. The molecule has 2 aromatic rings. The van der Waals surface area contributed by atoms with Crippen LogP contribution in [0, 0.1) is 0 Å². The van der Waals surface area contributed by atoms with Crippen molar-refractivity contribution >= 4 is 23.4 Å². The molecule has 35 heavy (non-hydrogen) atoms. The fourth-order valence-electron chi connectivity index (χ4n) is 4.68. The van der Waals surface area contributed by atoms with Gasteiger partial charge in [-0.2, -0.15) is 5.10 Å². The van der Waals surface area contributed by atoms with Gasteiger partial charge in [-0.25, -0.2) is 0 Å². The number of carbonyl (C=O) groups is 3. The second-order valence-corrected chi connectivity index (χ2v) is 9.43. The van der Waals surface area contributed by atoms with E-state index in [1.807, 2.05) is 0 Å². The van der Waals surface area contributed by atoms with Gasteiger partial charge in [0.2, 0.25) is 5.91 Å². The Morgan fingerprint density at radius 1 is 1.03 bits per heavy atom. The van der Waals surface area contributed by atoms with Crippen molar-refractivity contribution in [2.75, 3.05) is 26.6 Å². The normalized spacial score (nSPS) is 20.6. The lowest BCUT2D eigenvalue weighted by Gasteiger charge is -2.41. The van der Waals surface area contributed by atoms with Crippen molar-refractivity contribution in [1.29, 1.82) is 0 Å². The highest BCUT2D eigenvalue weighted by Crippen LogP contribution is 2.29. The first-order valence-electron chi connectivity index (χ1n) is 12.0. The monoisotopic (exact) mass is 483 g/mol. The highest BCUT2D eigenvalue weighted by Gasteiger charge is 2.46. The highest BCUT2D eigenvalue weighted by molar-refractivity contribution is 6.06. The summed E-state index contributed by atoms with van der Waals surface area (Å²) in [5.41, 5.74) is -0.304. The van der Waals surface area contributed by atoms with E-state index >= 15 is 0 Å². The quantitative estimate of drug-likeness (QED) is 0.611. The van der Waals surface area contributed by atoms with Gasteiger partial charge in [0.25, 0.3) is 11.8 Å². The first kappa shape index (κ1) is 24.6. The molecule has 0 radical (unpaired) electrons. The maximum atomic E-state index is 13.3. The molecular weight excluding hydrogens is 450 g/mol. The van der Waals surface area contributed by atoms with Crippen LogP contribution in [-0.2, 0) is 11.3 Å². The highest BCUT2D eigenvalue weighted by atomic mass is 16.5. The van der Waals surface area contributed by atoms with Gasteiger partial charge in [0, 0.05) is 43.0 Å². The van der Waals surface area contributed by atoms with E-state index in [0.717, 1.165) is 25.7 Å². The molecule has 1 unspecified atom stereocenters. The maximum Gasteiger partial charge on any atom is 0.276 e. The van der Waals surface area contributed by atoms with Crippen molar-refractivity contribution in [2.24, 2.45) is 0 Å². The molecule has 2 N–H and O–H groups in total.